The molecule has 0 bridgehead atoms. The molecule has 2 N–H and O–H groups in total. The number of benzene rings is 1. The summed E-state index contributed by atoms with van der Waals surface area (Å²) in [6.07, 6.45) is 5.86. The van der Waals surface area contributed by atoms with Crippen LogP contribution in [0.2, 0.25) is 0 Å². The van der Waals surface area contributed by atoms with Crippen molar-refractivity contribution in [2.45, 2.75) is 19.8 Å². The van der Waals surface area contributed by atoms with Crippen LogP contribution in [-0.2, 0) is 0 Å². The highest BCUT2D eigenvalue weighted by Gasteiger charge is 2.21. The predicted octanol–water partition coefficient (Wildman–Crippen LogP) is 3.22. The number of anilines is 3. The number of aromatic amines is 1. The number of fused-ring (bicyclic) bond motifs is 1. The normalized spacial score (nSPS) is 13.5. The standard InChI is InChI=1S/C22H26N8O3/c1-13-18-20(28-27-13)25-22(26-21(18)29-7-5-6-8-29)24-17-11-30(12-23-17)14-9-15(31-2)19(33-4)16(10-14)32-3/h9-12H,5-8H2,1-4H3,(H2,24,25,26,27,28). The summed E-state index contributed by atoms with van der Waals surface area (Å²) >= 11 is 0. The second kappa shape index (κ2) is 8.49. The molecule has 172 valence electrons. The molecule has 0 saturated carbocycles. The quantitative estimate of drug-likeness (QED) is 0.438. The maximum absolute atomic E-state index is 5.46. The molecule has 0 spiro atoms. The maximum Gasteiger partial charge on any atom is 0.232 e. The summed E-state index contributed by atoms with van der Waals surface area (Å²) in [5.74, 6) is 3.61. The van der Waals surface area contributed by atoms with E-state index in [1.54, 1.807) is 27.7 Å². The molecule has 0 amide bonds. The van der Waals surface area contributed by atoms with Crippen molar-refractivity contribution in [1.29, 1.82) is 0 Å². The third kappa shape index (κ3) is 3.75. The van der Waals surface area contributed by atoms with Crippen LogP contribution in [0.15, 0.2) is 24.7 Å². The number of hydrogen-bond acceptors (Lipinski definition) is 9. The number of methoxy groups -OCH3 is 3. The summed E-state index contributed by atoms with van der Waals surface area (Å²) in [6.45, 7) is 3.95. The Hall–Kier alpha value is -4.02. The largest absolute Gasteiger partial charge is 0.493 e. The molecule has 5 rings (SSSR count). The summed E-state index contributed by atoms with van der Waals surface area (Å²) in [5.41, 5.74) is 2.41. The smallest absolute Gasteiger partial charge is 0.232 e. The second-order valence-corrected chi connectivity index (χ2v) is 7.79. The fourth-order valence-electron chi connectivity index (χ4n) is 4.12. The molecule has 11 nitrogen and oxygen atoms in total. The van der Waals surface area contributed by atoms with Crippen LogP contribution in [0.1, 0.15) is 18.5 Å². The topological polar surface area (TPSA) is 115 Å². The van der Waals surface area contributed by atoms with Crippen LogP contribution in [0.4, 0.5) is 17.6 Å². The number of rotatable bonds is 7. The summed E-state index contributed by atoms with van der Waals surface area (Å²) in [4.78, 5) is 16.1. The number of ether oxygens (including phenoxy) is 3. The molecule has 1 saturated heterocycles. The summed E-state index contributed by atoms with van der Waals surface area (Å²) in [7, 11) is 4.75. The molecule has 1 fully saturated rings. The van der Waals surface area contributed by atoms with Crippen LogP contribution < -0.4 is 24.4 Å². The number of H-pyrrole nitrogens is 1. The molecule has 11 heteroatoms. The number of imidazole rings is 1. The zero-order valence-corrected chi connectivity index (χ0v) is 19.0. The lowest BCUT2D eigenvalue weighted by molar-refractivity contribution is 0.324. The first kappa shape index (κ1) is 20.9. The Morgan fingerprint density at radius 1 is 1.00 bits per heavy atom. The van der Waals surface area contributed by atoms with Crippen LogP contribution in [0, 0.1) is 6.92 Å². The van der Waals surface area contributed by atoms with Crippen molar-refractivity contribution in [3.05, 3.63) is 30.4 Å². The zero-order valence-electron chi connectivity index (χ0n) is 19.0. The van der Waals surface area contributed by atoms with E-state index in [4.69, 9.17) is 19.2 Å². The van der Waals surface area contributed by atoms with Crippen molar-refractivity contribution in [3.63, 3.8) is 0 Å². The lowest BCUT2D eigenvalue weighted by atomic mass is 10.2. The van der Waals surface area contributed by atoms with Crippen molar-refractivity contribution in [3.8, 4) is 22.9 Å². The molecular formula is C22H26N8O3. The monoisotopic (exact) mass is 450 g/mol. The van der Waals surface area contributed by atoms with Crippen molar-refractivity contribution >= 4 is 28.6 Å². The molecule has 33 heavy (non-hydrogen) atoms. The Morgan fingerprint density at radius 2 is 1.73 bits per heavy atom. The van der Waals surface area contributed by atoms with E-state index in [1.165, 1.54) is 0 Å². The Kier molecular flexibility index (Phi) is 5.37. The van der Waals surface area contributed by atoms with Gasteiger partial charge in [-0.2, -0.15) is 15.1 Å². The molecule has 0 unspecified atom stereocenters. The number of aryl methyl sites for hydroxylation is 1. The van der Waals surface area contributed by atoms with Gasteiger partial charge in [0.15, 0.2) is 23.0 Å². The van der Waals surface area contributed by atoms with E-state index >= 15 is 0 Å². The summed E-state index contributed by atoms with van der Waals surface area (Å²) in [5, 5.41) is 11.6. The fraction of sp³-hybridized carbons (Fsp3) is 0.364. The van der Waals surface area contributed by atoms with E-state index in [2.05, 4.69) is 30.4 Å². The minimum absolute atomic E-state index is 0.450. The first-order valence-electron chi connectivity index (χ1n) is 10.7. The van der Waals surface area contributed by atoms with Gasteiger partial charge in [-0.25, -0.2) is 4.98 Å². The van der Waals surface area contributed by atoms with Crippen LogP contribution in [0.5, 0.6) is 17.2 Å². The van der Waals surface area contributed by atoms with E-state index < -0.39 is 0 Å². The number of aromatic nitrogens is 6. The minimum Gasteiger partial charge on any atom is -0.493 e. The van der Waals surface area contributed by atoms with Gasteiger partial charge in [0.1, 0.15) is 12.1 Å². The maximum atomic E-state index is 5.46. The van der Waals surface area contributed by atoms with Crippen molar-refractivity contribution in [2.75, 3.05) is 44.6 Å². The number of nitrogens with zero attached hydrogens (tertiary/aromatic N) is 6. The Morgan fingerprint density at radius 3 is 2.39 bits per heavy atom. The van der Waals surface area contributed by atoms with Gasteiger partial charge in [-0.15, -0.1) is 0 Å². The predicted molar refractivity (Wildman–Crippen MR) is 124 cm³/mol. The Bertz CT molecular complexity index is 1270. The van der Waals surface area contributed by atoms with E-state index in [-0.39, 0.29) is 0 Å². The lowest BCUT2D eigenvalue weighted by Gasteiger charge is -2.18. The van der Waals surface area contributed by atoms with Crippen molar-refractivity contribution < 1.29 is 14.2 Å². The van der Waals surface area contributed by atoms with Gasteiger partial charge in [0.25, 0.3) is 0 Å². The van der Waals surface area contributed by atoms with E-state index in [9.17, 15) is 0 Å². The molecular weight excluding hydrogens is 424 g/mol. The van der Waals surface area contributed by atoms with Gasteiger partial charge in [-0.1, -0.05) is 0 Å². The van der Waals surface area contributed by atoms with Crippen molar-refractivity contribution in [1.82, 2.24) is 29.7 Å². The highest BCUT2D eigenvalue weighted by Crippen LogP contribution is 2.39. The number of hydrogen-bond donors (Lipinski definition) is 2. The number of nitrogens with one attached hydrogen (secondary N) is 2. The molecule has 4 heterocycles. The van der Waals surface area contributed by atoms with Crippen LogP contribution >= 0.6 is 0 Å². The third-order valence-corrected chi connectivity index (χ3v) is 5.75. The fourth-order valence-corrected chi connectivity index (χ4v) is 4.12. The SMILES string of the molecule is COc1cc(-n2cnc(Nc3nc(N4CCCC4)c4c(C)[nH]nc4n3)c2)cc(OC)c1OC. The first-order chi connectivity index (χ1) is 16.1. The van der Waals surface area contributed by atoms with Gasteiger partial charge in [0, 0.05) is 30.9 Å². The first-order valence-corrected chi connectivity index (χ1v) is 10.7. The molecule has 0 aliphatic carbocycles. The van der Waals surface area contributed by atoms with Gasteiger partial charge < -0.3 is 29.0 Å². The Labute approximate surface area is 190 Å². The molecule has 3 aromatic heterocycles. The third-order valence-electron chi connectivity index (χ3n) is 5.75. The summed E-state index contributed by atoms with van der Waals surface area (Å²) < 4.78 is 18.2. The van der Waals surface area contributed by atoms with Crippen molar-refractivity contribution in [2.24, 2.45) is 0 Å². The average Bonchev–Trinajstić information content (AvgIpc) is 3.60. The molecule has 0 radical (unpaired) electrons. The van der Waals surface area contributed by atoms with Crippen LogP contribution in [0.3, 0.4) is 0 Å². The average molecular weight is 451 g/mol. The van der Waals surface area contributed by atoms with E-state index in [1.807, 2.05) is 29.8 Å². The van der Waals surface area contributed by atoms with E-state index in [0.717, 1.165) is 48.5 Å². The molecule has 1 aliphatic heterocycles. The van der Waals surface area contributed by atoms with Gasteiger partial charge in [0.05, 0.1) is 38.6 Å². The minimum atomic E-state index is 0.450. The molecule has 0 atom stereocenters. The Balaban J connectivity index is 1.47. The van der Waals surface area contributed by atoms with E-state index in [0.29, 0.717) is 34.7 Å². The molecule has 1 aromatic carbocycles. The highest BCUT2D eigenvalue weighted by molar-refractivity contribution is 5.90. The van der Waals surface area contributed by atoms with Gasteiger partial charge >= 0.3 is 0 Å². The second-order valence-electron chi connectivity index (χ2n) is 7.79. The van der Waals surface area contributed by atoms with Gasteiger partial charge in [-0.05, 0) is 19.8 Å². The van der Waals surface area contributed by atoms with Crippen LogP contribution in [0.25, 0.3) is 16.7 Å². The lowest BCUT2D eigenvalue weighted by Crippen LogP contribution is -2.20. The summed E-state index contributed by atoms with van der Waals surface area (Å²) in [6, 6.07) is 3.71. The molecule has 4 aromatic rings. The van der Waals surface area contributed by atoms with Gasteiger partial charge in [0.2, 0.25) is 11.7 Å². The van der Waals surface area contributed by atoms with Crippen LogP contribution in [-0.4, -0.2) is 64.1 Å². The highest BCUT2D eigenvalue weighted by atomic mass is 16.5. The zero-order chi connectivity index (χ0) is 22.9. The molecule has 1 aliphatic rings. The van der Waals surface area contributed by atoms with Gasteiger partial charge in [-0.3, -0.25) is 5.10 Å².